The molecule has 2 fully saturated rings. The summed E-state index contributed by atoms with van der Waals surface area (Å²) in [5, 5.41) is 12.0. The van der Waals surface area contributed by atoms with E-state index in [1.165, 1.54) is 11.3 Å². The number of carbonyl (C=O) groups excluding carboxylic acids is 2. The molecule has 0 unspecified atom stereocenters. The Bertz CT molecular complexity index is 2220. The smallest absolute Gasteiger partial charge is 0.295 e. The van der Waals surface area contributed by atoms with Crippen molar-refractivity contribution in [2.45, 2.75) is 50.7 Å². The van der Waals surface area contributed by atoms with Crippen molar-refractivity contribution in [3.05, 3.63) is 118 Å². The fourth-order valence-corrected chi connectivity index (χ4v) is 8.10. The lowest BCUT2D eigenvalue weighted by Crippen LogP contribution is -2.64. The van der Waals surface area contributed by atoms with Gasteiger partial charge in [-0.15, -0.1) is 11.3 Å². The van der Waals surface area contributed by atoms with Crippen LogP contribution >= 0.6 is 11.3 Å². The third kappa shape index (κ3) is 7.20. The maximum absolute atomic E-state index is 16.0. The Morgan fingerprint density at radius 1 is 1.00 bits per heavy atom. The summed E-state index contributed by atoms with van der Waals surface area (Å²) in [5.41, 5.74) is 5.15. The van der Waals surface area contributed by atoms with Crippen LogP contribution in [0.2, 0.25) is 0 Å². The highest BCUT2D eigenvalue weighted by Crippen LogP contribution is 2.41. The largest absolute Gasteiger partial charge is 0.437 e. The molecule has 0 spiro atoms. The number of nitrogens with two attached hydrogens (primary N) is 1. The van der Waals surface area contributed by atoms with Crippen LogP contribution in [0.15, 0.2) is 90.1 Å². The summed E-state index contributed by atoms with van der Waals surface area (Å²) >= 11 is 1.29. The second-order valence-corrected chi connectivity index (χ2v) is 14.8. The summed E-state index contributed by atoms with van der Waals surface area (Å²) in [6.45, 7) is 2.11. The number of aryl methyl sites for hydroxylation is 2. The van der Waals surface area contributed by atoms with Crippen molar-refractivity contribution in [2.24, 2.45) is 5.92 Å². The summed E-state index contributed by atoms with van der Waals surface area (Å²) in [4.78, 5) is 57.5. The fourth-order valence-electron chi connectivity index (χ4n) is 7.08. The first-order chi connectivity index (χ1) is 25.8. The SMILES string of the molecule is Cc1ccc(-c2nc(C)c(C(=O)N3CC[C@@H](C(=O)N4CC[C@](O)(Cn5cnc(Oc6ccccc6)c(N)c5=O)C(F)(F)C4)[C@H](c4ccccc4)C3)s2)cn1. The van der Waals surface area contributed by atoms with E-state index in [9.17, 15) is 19.5 Å². The number of nitrogen functional groups attached to an aromatic ring is 1. The number of halogens is 2. The Morgan fingerprint density at radius 2 is 1.72 bits per heavy atom. The number of thiazole rings is 1. The van der Waals surface area contributed by atoms with Crippen molar-refractivity contribution in [3.63, 3.8) is 0 Å². The van der Waals surface area contributed by atoms with Crippen LogP contribution in [-0.2, 0) is 11.3 Å². The number of benzene rings is 2. The maximum Gasteiger partial charge on any atom is 0.295 e. The number of aromatic nitrogens is 4. The van der Waals surface area contributed by atoms with Crippen molar-refractivity contribution in [3.8, 4) is 22.2 Å². The standard InChI is InChI=1S/C39H39F2N7O5S/c1-24-13-14-27(19-43-24)34-45-25(2)32(54-34)37(51)46-17-15-29(30(20-46)26-9-5-3-6-10-26)35(49)47-18-16-38(52,39(40,41)22-47)21-48-23-44-33(31(42)36(48)50)53-28-11-7-4-8-12-28/h3-14,19,23,29-30,52H,15-18,20-22,42H2,1-2H3/t29-,30+,38+/m1/s1. The Morgan fingerprint density at radius 3 is 2.41 bits per heavy atom. The zero-order valence-corrected chi connectivity index (χ0v) is 30.5. The number of piperidine rings is 2. The van der Waals surface area contributed by atoms with Crippen molar-refractivity contribution < 1.29 is 28.2 Å². The molecule has 7 rings (SSSR count). The van der Waals surface area contributed by atoms with Crippen LogP contribution in [0.1, 0.15) is 45.4 Å². The monoisotopic (exact) mass is 755 g/mol. The number of ether oxygens (including phenoxy) is 1. The van der Waals surface area contributed by atoms with Crippen molar-refractivity contribution in [1.82, 2.24) is 29.3 Å². The Labute approximate surface area is 313 Å². The number of likely N-dealkylation sites (tertiary alicyclic amines) is 2. The van der Waals surface area contributed by atoms with Gasteiger partial charge in [0.15, 0.2) is 5.69 Å². The molecule has 5 heterocycles. The topological polar surface area (TPSA) is 157 Å². The minimum absolute atomic E-state index is 0.171. The quantitative estimate of drug-likeness (QED) is 0.215. The van der Waals surface area contributed by atoms with Gasteiger partial charge in [0.25, 0.3) is 17.4 Å². The second kappa shape index (κ2) is 14.7. The molecule has 280 valence electrons. The van der Waals surface area contributed by atoms with Gasteiger partial charge in [-0.2, -0.15) is 0 Å². The molecule has 54 heavy (non-hydrogen) atoms. The van der Waals surface area contributed by atoms with Crippen molar-refractivity contribution in [2.75, 3.05) is 31.9 Å². The number of anilines is 1. The van der Waals surface area contributed by atoms with Crippen LogP contribution in [0, 0.1) is 19.8 Å². The van der Waals surface area contributed by atoms with Gasteiger partial charge in [0.05, 0.1) is 18.8 Å². The number of para-hydroxylation sites is 1. The first kappa shape index (κ1) is 36.8. The molecule has 3 atom stereocenters. The van der Waals surface area contributed by atoms with E-state index in [0.717, 1.165) is 32.6 Å². The molecule has 2 aromatic carbocycles. The van der Waals surface area contributed by atoms with Crippen LogP contribution in [0.4, 0.5) is 14.5 Å². The molecular weight excluding hydrogens is 717 g/mol. The zero-order chi connectivity index (χ0) is 38.2. The highest BCUT2D eigenvalue weighted by atomic mass is 32.1. The number of nitrogens with zero attached hydrogens (tertiary/aromatic N) is 6. The summed E-state index contributed by atoms with van der Waals surface area (Å²) in [5.74, 6) is -5.45. The van der Waals surface area contributed by atoms with Gasteiger partial charge in [-0.1, -0.05) is 48.5 Å². The third-order valence-corrected chi connectivity index (χ3v) is 11.4. The third-order valence-electron chi connectivity index (χ3n) is 10.2. The molecule has 2 aliphatic heterocycles. The van der Waals surface area contributed by atoms with E-state index in [0.29, 0.717) is 21.3 Å². The van der Waals surface area contributed by atoms with Crippen LogP contribution < -0.4 is 16.0 Å². The number of rotatable bonds is 8. The Kier molecular flexibility index (Phi) is 10.0. The zero-order valence-electron chi connectivity index (χ0n) is 29.7. The van der Waals surface area contributed by atoms with E-state index in [-0.39, 0.29) is 37.8 Å². The van der Waals surface area contributed by atoms with E-state index in [4.69, 9.17) is 10.5 Å². The van der Waals surface area contributed by atoms with E-state index in [2.05, 4.69) is 15.0 Å². The van der Waals surface area contributed by atoms with Gasteiger partial charge in [-0.05, 0) is 50.1 Å². The molecule has 15 heteroatoms. The van der Waals surface area contributed by atoms with E-state index in [1.807, 2.05) is 49.4 Å². The highest BCUT2D eigenvalue weighted by molar-refractivity contribution is 7.17. The average molecular weight is 756 g/mol. The van der Waals surface area contributed by atoms with Gasteiger partial charge in [-0.25, -0.2) is 18.7 Å². The molecule has 2 saturated heterocycles. The lowest BCUT2D eigenvalue weighted by Gasteiger charge is -2.46. The summed E-state index contributed by atoms with van der Waals surface area (Å²) in [6.07, 6.45) is 2.48. The molecule has 0 aliphatic carbocycles. The Hall–Kier alpha value is -5.54. The minimum Gasteiger partial charge on any atom is -0.437 e. The van der Waals surface area contributed by atoms with Gasteiger partial charge in [0, 0.05) is 55.3 Å². The van der Waals surface area contributed by atoms with Crippen LogP contribution in [0.5, 0.6) is 11.6 Å². The van der Waals surface area contributed by atoms with Gasteiger partial charge >= 0.3 is 0 Å². The number of hydrogen-bond donors (Lipinski definition) is 2. The predicted octanol–water partition coefficient (Wildman–Crippen LogP) is 5.30. The lowest BCUT2D eigenvalue weighted by atomic mass is 9.78. The van der Waals surface area contributed by atoms with Crippen LogP contribution in [-0.4, -0.2) is 83.9 Å². The van der Waals surface area contributed by atoms with E-state index < -0.39 is 60.0 Å². The maximum atomic E-state index is 16.0. The number of alkyl halides is 2. The normalized spacial score (nSPS) is 21.1. The van der Waals surface area contributed by atoms with Crippen LogP contribution in [0.3, 0.4) is 0 Å². The van der Waals surface area contributed by atoms with Gasteiger partial charge in [0.2, 0.25) is 11.8 Å². The van der Waals surface area contributed by atoms with Crippen molar-refractivity contribution in [1.29, 1.82) is 0 Å². The summed E-state index contributed by atoms with van der Waals surface area (Å²) in [7, 11) is 0. The molecule has 5 aromatic rings. The number of pyridine rings is 1. The average Bonchev–Trinajstić information content (AvgIpc) is 3.57. The first-order valence-electron chi connectivity index (χ1n) is 17.5. The first-order valence-corrected chi connectivity index (χ1v) is 18.4. The number of aliphatic hydroxyl groups is 1. The van der Waals surface area contributed by atoms with Crippen molar-refractivity contribution >= 4 is 28.8 Å². The molecule has 3 N–H and O–H groups in total. The molecule has 0 saturated carbocycles. The van der Waals surface area contributed by atoms with E-state index in [1.54, 1.807) is 48.4 Å². The van der Waals surface area contributed by atoms with Crippen LogP contribution in [0.25, 0.3) is 10.6 Å². The van der Waals surface area contributed by atoms with E-state index >= 15 is 8.78 Å². The second-order valence-electron chi connectivity index (χ2n) is 13.8. The lowest BCUT2D eigenvalue weighted by molar-refractivity contribution is -0.223. The summed E-state index contributed by atoms with van der Waals surface area (Å²) < 4.78 is 38.4. The molecule has 3 aromatic heterocycles. The number of amides is 2. The number of hydrogen-bond acceptors (Lipinski definition) is 10. The predicted molar refractivity (Wildman–Crippen MR) is 199 cm³/mol. The molecule has 2 aliphatic rings. The molecule has 12 nitrogen and oxygen atoms in total. The summed E-state index contributed by atoms with van der Waals surface area (Å²) in [6, 6.07) is 21.6. The van der Waals surface area contributed by atoms with Gasteiger partial charge < -0.3 is 25.4 Å². The van der Waals surface area contributed by atoms with Gasteiger partial charge in [0.1, 0.15) is 27.6 Å². The molecule has 2 amide bonds. The molecule has 0 radical (unpaired) electrons. The fraction of sp³-hybridized carbons (Fsp3) is 0.333. The van der Waals surface area contributed by atoms with Gasteiger partial charge in [-0.3, -0.25) is 23.9 Å². The minimum atomic E-state index is -3.79. The Balaban J connectivity index is 1.06. The molecular formula is C39H39F2N7O5S. The number of carbonyl (C=O) groups is 2. The highest BCUT2D eigenvalue weighted by Gasteiger charge is 2.58. The molecule has 0 bridgehead atoms.